The molecule has 2 nitrogen and oxygen atoms in total. The van der Waals surface area contributed by atoms with Crippen molar-refractivity contribution in [2.45, 2.75) is 20.3 Å². The lowest BCUT2D eigenvalue weighted by Gasteiger charge is -2.00. The Morgan fingerprint density at radius 3 is 2.75 bits per heavy atom. The average molecular weight is 228 g/mol. The van der Waals surface area contributed by atoms with Crippen LogP contribution in [0.2, 0.25) is 0 Å². The Kier molecular flexibility index (Phi) is 2.14. The molecule has 1 aromatic carbocycles. The van der Waals surface area contributed by atoms with Gasteiger partial charge in [0, 0.05) is 17.7 Å². The van der Waals surface area contributed by atoms with E-state index in [4.69, 9.17) is 0 Å². The minimum atomic E-state index is 0.914. The van der Waals surface area contributed by atoms with Crippen molar-refractivity contribution >= 4 is 22.0 Å². The fraction of sp³-hybridized carbons (Fsp3) is 0.231. The van der Waals surface area contributed by atoms with Gasteiger partial charge in [0.25, 0.3) is 0 Å². The van der Waals surface area contributed by atoms with Crippen LogP contribution in [0.4, 0.5) is 5.00 Å². The molecule has 0 saturated heterocycles. The zero-order valence-corrected chi connectivity index (χ0v) is 10.1. The van der Waals surface area contributed by atoms with E-state index < -0.39 is 0 Å². The summed E-state index contributed by atoms with van der Waals surface area (Å²) in [5.74, 6) is 0. The number of aryl methyl sites for hydroxylation is 1. The maximum atomic E-state index is 4.68. The monoisotopic (exact) mass is 228 g/mol. The van der Waals surface area contributed by atoms with Gasteiger partial charge in [0.1, 0.15) is 10.0 Å². The lowest BCUT2D eigenvalue weighted by molar-refractivity contribution is 1.21. The number of hydrogen-bond acceptors (Lipinski definition) is 3. The quantitative estimate of drug-likeness (QED) is 0.729. The average Bonchev–Trinajstić information content (AvgIpc) is 2.75. The number of hydrogen-bond donors (Lipinski definition) is 0. The zero-order valence-electron chi connectivity index (χ0n) is 9.32. The minimum Gasteiger partial charge on any atom is -0.245 e. The first-order chi connectivity index (χ1) is 7.74. The Hall–Kier alpha value is -1.48. The largest absolute Gasteiger partial charge is 0.245 e. The van der Waals surface area contributed by atoms with Crippen LogP contribution in [-0.4, -0.2) is 10.7 Å². The minimum absolute atomic E-state index is 0.914. The third-order valence-corrected chi connectivity index (χ3v) is 3.79. The summed E-state index contributed by atoms with van der Waals surface area (Å²) in [5, 5.41) is 2.19. The van der Waals surface area contributed by atoms with Crippen LogP contribution < -0.4 is 0 Å². The van der Waals surface area contributed by atoms with Gasteiger partial charge in [0.15, 0.2) is 0 Å². The molecule has 0 radical (unpaired) electrons. The first-order valence-corrected chi connectivity index (χ1v) is 6.15. The van der Waals surface area contributed by atoms with Gasteiger partial charge in [0.2, 0.25) is 0 Å². The molecule has 0 unspecified atom stereocenters. The Bertz CT molecular complexity index is 581. The van der Waals surface area contributed by atoms with Crippen LogP contribution in [0.3, 0.4) is 0 Å². The summed E-state index contributed by atoms with van der Waals surface area (Å²) in [6, 6.07) is 8.36. The van der Waals surface area contributed by atoms with Crippen molar-refractivity contribution in [1.29, 1.82) is 0 Å². The molecule has 16 heavy (non-hydrogen) atoms. The van der Waals surface area contributed by atoms with Crippen molar-refractivity contribution in [1.82, 2.24) is 4.98 Å². The summed E-state index contributed by atoms with van der Waals surface area (Å²) in [7, 11) is 0. The number of aromatic nitrogens is 1. The highest BCUT2D eigenvalue weighted by Gasteiger charge is 2.18. The smallest absolute Gasteiger partial charge is 0.139 e. The van der Waals surface area contributed by atoms with Crippen LogP contribution in [0.1, 0.15) is 18.2 Å². The normalized spacial score (nSPS) is 13.8. The van der Waals surface area contributed by atoms with Gasteiger partial charge in [-0.25, -0.2) is 9.98 Å². The molecule has 0 N–H and O–H groups in total. The van der Waals surface area contributed by atoms with Crippen molar-refractivity contribution in [3.63, 3.8) is 0 Å². The van der Waals surface area contributed by atoms with E-state index in [1.165, 1.54) is 16.8 Å². The zero-order chi connectivity index (χ0) is 11.1. The van der Waals surface area contributed by atoms with Gasteiger partial charge >= 0.3 is 0 Å². The number of aliphatic imine (C=N–C) groups is 1. The molecule has 3 rings (SSSR count). The maximum Gasteiger partial charge on any atom is 0.139 e. The number of nitrogens with zero attached hydrogens (tertiary/aromatic N) is 2. The third-order valence-electron chi connectivity index (χ3n) is 2.77. The molecule has 0 aliphatic carbocycles. The van der Waals surface area contributed by atoms with Crippen molar-refractivity contribution in [2.24, 2.45) is 4.99 Å². The van der Waals surface area contributed by atoms with Crippen molar-refractivity contribution in [3.05, 3.63) is 35.5 Å². The van der Waals surface area contributed by atoms with Gasteiger partial charge in [-0.05, 0) is 19.4 Å². The van der Waals surface area contributed by atoms with Crippen LogP contribution in [0.15, 0.2) is 29.3 Å². The molecule has 1 aliphatic rings. The Balaban J connectivity index is 2.10. The molecule has 3 heteroatoms. The third kappa shape index (κ3) is 1.48. The standard InChI is InChI=1S/C13H12N2S/c1-8-5-3-4-6-10(8)12-15-11-7-9(2)14-13(11)16-12/h3-6H,7H2,1-2H3. The fourth-order valence-corrected chi connectivity index (χ4v) is 3.04. The van der Waals surface area contributed by atoms with Crippen LogP contribution in [-0.2, 0) is 6.42 Å². The highest BCUT2D eigenvalue weighted by molar-refractivity contribution is 7.19. The predicted molar refractivity (Wildman–Crippen MR) is 68.8 cm³/mol. The molecular weight excluding hydrogens is 216 g/mol. The molecular formula is C13H12N2S. The molecule has 0 atom stereocenters. The summed E-state index contributed by atoms with van der Waals surface area (Å²) >= 11 is 1.69. The van der Waals surface area contributed by atoms with Crippen LogP contribution >= 0.6 is 11.3 Å². The van der Waals surface area contributed by atoms with E-state index in [9.17, 15) is 0 Å². The van der Waals surface area contributed by atoms with E-state index in [2.05, 4.69) is 48.1 Å². The molecule has 0 saturated carbocycles. The van der Waals surface area contributed by atoms with Gasteiger partial charge in [-0.15, -0.1) is 0 Å². The van der Waals surface area contributed by atoms with Gasteiger partial charge in [-0.2, -0.15) is 0 Å². The van der Waals surface area contributed by atoms with E-state index in [0.717, 1.165) is 22.1 Å². The highest BCUT2D eigenvalue weighted by Crippen LogP contribution is 2.38. The highest BCUT2D eigenvalue weighted by atomic mass is 32.1. The number of benzene rings is 1. The lowest BCUT2D eigenvalue weighted by atomic mass is 10.1. The molecule has 0 amide bonds. The Morgan fingerprint density at radius 1 is 1.19 bits per heavy atom. The van der Waals surface area contributed by atoms with Crippen molar-refractivity contribution in [2.75, 3.05) is 0 Å². The second-order valence-corrected chi connectivity index (χ2v) is 5.09. The van der Waals surface area contributed by atoms with Gasteiger partial charge in [-0.3, -0.25) is 0 Å². The molecule has 80 valence electrons. The lowest BCUT2D eigenvalue weighted by Crippen LogP contribution is -1.91. The summed E-state index contributed by atoms with van der Waals surface area (Å²) in [6.45, 7) is 4.18. The van der Waals surface area contributed by atoms with Gasteiger partial charge < -0.3 is 0 Å². The van der Waals surface area contributed by atoms with Crippen LogP contribution in [0.5, 0.6) is 0 Å². The van der Waals surface area contributed by atoms with E-state index >= 15 is 0 Å². The van der Waals surface area contributed by atoms with Gasteiger partial charge in [-0.1, -0.05) is 35.6 Å². The summed E-state index contributed by atoms with van der Waals surface area (Å²) in [6.07, 6.45) is 0.914. The number of fused-ring (bicyclic) bond motifs is 1. The fourth-order valence-electron chi connectivity index (χ4n) is 1.93. The number of rotatable bonds is 1. The predicted octanol–water partition coefficient (Wildman–Crippen LogP) is 3.77. The van der Waals surface area contributed by atoms with Crippen molar-refractivity contribution in [3.8, 4) is 10.6 Å². The summed E-state index contributed by atoms with van der Waals surface area (Å²) < 4.78 is 0. The second kappa shape index (κ2) is 3.52. The molecule has 2 heterocycles. The number of thiazole rings is 1. The van der Waals surface area contributed by atoms with Crippen LogP contribution in [0, 0.1) is 6.92 Å². The summed E-state index contributed by atoms with van der Waals surface area (Å²) in [4.78, 5) is 9.18. The molecule has 0 spiro atoms. The summed E-state index contributed by atoms with van der Waals surface area (Å²) in [5.41, 5.74) is 4.82. The van der Waals surface area contributed by atoms with E-state index in [1.807, 2.05) is 0 Å². The van der Waals surface area contributed by atoms with Crippen LogP contribution in [0.25, 0.3) is 10.6 Å². The molecule has 2 aromatic rings. The first-order valence-electron chi connectivity index (χ1n) is 5.34. The Morgan fingerprint density at radius 2 is 2.00 bits per heavy atom. The van der Waals surface area contributed by atoms with E-state index in [-0.39, 0.29) is 0 Å². The van der Waals surface area contributed by atoms with Crippen molar-refractivity contribution < 1.29 is 0 Å². The maximum absolute atomic E-state index is 4.68. The Labute approximate surface area is 98.7 Å². The van der Waals surface area contributed by atoms with E-state index in [1.54, 1.807) is 11.3 Å². The molecule has 1 aromatic heterocycles. The molecule has 1 aliphatic heterocycles. The topological polar surface area (TPSA) is 25.2 Å². The molecule has 0 bridgehead atoms. The molecule has 0 fully saturated rings. The second-order valence-electron chi connectivity index (χ2n) is 4.11. The first kappa shape index (κ1) is 9.73. The SMILES string of the molecule is CC1=Nc2sc(-c3ccccc3C)nc2C1. The van der Waals surface area contributed by atoms with Gasteiger partial charge in [0.05, 0.1) is 5.69 Å². The van der Waals surface area contributed by atoms with E-state index in [0.29, 0.717) is 0 Å².